The Kier molecular flexibility index (Phi) is 5.42. The van der Waals surface area contributed by atoms with Crippen LogP contribution in [0.15, 0.2) is 0 Å². The number of ether oxygens (including phenoxy) is 3. The molecule has 1 aromatic rings. The molecule has 27 heavy (non-hydrogen) atoms. The first-order valence-corrected chi connectivity index (χ1v) is 10.8. The normalized spacial score (nSPS) is 23.9. The van der Waals surface area contributed by atoms with Gasteiger partial charge in [-0.2, -0.15) is 0 Å². The highest BCUT2D eigenvalue weighted by Crippen LogP contribution is 2.40. The van der Waals surface area contributed by atoms with Gasteiger partial charge in [-0.15, -0.1) is 11.3 Å². The fourth-order valence-corrected chi connectivity index (χ4v) is 5.92. The monoisotopic (exact) mass is 410 g/mol. The molecule has 1 unspecified atom stereocenters. The van der Waals surface area contributed by atoms with Gasteiger partial charge in [0.2, 0.25) is 0 Å². The summed E-state index contributed by atoms with van der Waals surface area (Å²) in [6, 6.07) is 0. The SMILES string of the molecule is COC(=O)c1c(NC(=S)N2CCC3(CC2)OCCO3)sc2c1CCC(C)C2. The van der Waals surface area contributed by atoms with Gasteiger partial charge in [-0.1, -0.05) is 6.92 Å². The lowest BCUT2D eigenvalue weighted by molar-refractivity contribution is -0.180. The van der Waals surface area contributed by atoms with Gasteiger partial charge in [0, 0.05) is 30.8 Å². The molecule has 0 radical (unpaired) electrons. The summed E-state index contributed by atoms with van der Waals surface area (Å²) in [6.45, 7) is 5.16. The molecular weight excluding hydrogens is 384 g/mol. The van der Waals surface area contributed by atoms with Crippen molar-refractivity contribution in [2.45, 2.75) is 44.8 Å². The van der Waals surface area contributed by atoms with E-state index in [0.717, 1.165) is 55.8 Å². The van der Waals surface area contributed by atoms with Crippen LogP contribution in [0.2, 0.25) is 0 Å². The Balaban J connectivity index is 1.49. The minimum atomic E-state index is -0.415. The van der Waals surface area contributed by atoms with Crippen molar-refractivity contribution in [1.82, 2.24) is 4.90 Å². The maximum Gasteiger partial charge on any atom is 0.341 e. The summed E-state index contributed by atoms with van der Waals surface area (Å²) in [5, 5.41) is 4.81. The molecule has 1 aliphatic carbocycles. The van der Waals surface area contributed by atoms with Crippen LogP contribution in [0.4, 0.5) is 5.00 Å². The highest BCUT2D eigenvalue weighted by Gasteiger charge is 2.40. The van der Waals surface area contributed by atoms with E-state index >= 15 is 0 Å². The van der Waals surface area contributed by atoms with Gasteiger partial charge in [0.15, 0.2) is 10.9 Å². The number of methoxy groups -OCH3 is 1. The van der Waals surface area contributed by atoms with Crippen molar-refractivity contribution in [1.29, 1.82) is 0 Å². The molecule has 0 amide bonds. The minimum Gasteiger partial charge on any atom is -0.465 e. The van der Waals surface area contributed by atoms with Gasteiger partial charge in [-0.25, -0.2) is 4.79 Å². The standard InChI is InChI=1S/C19H26N2O4S2/c1-12-3-4-13-14(11-12)27-16(15(13)17(22)23-2)20-18(26)21-7-5-19(6-8-21)24-9-10-25-19/h12H,3-11H2,1-2H3,(H,20,26). The fourth-order valence-electron chi connectivity index (χ4n) is 4.17. The molecule has 1 N–H and O–H groups in total. The molecule has 1 spiro atoms. The van der Waals surface area contributed by atoms with Crippen LogP contribution in [0.1, 0.15) is 47.0 Å². The molecule has 1 aromatic heterocycles. The summed E-state index contributed by atoms with van der Waals surface area (Å²) >= 11 is 7.30. The third-order valence-electron chi connectivity index (χ3n) is 5.75. The Morgan fingerprint density at radius 2 is 2.04 bits per heavy atom. The van der Waals surface area contributed by atoms with Gasteiger partial charge in [-0.05, 0) is 43.0 Å². The first-order chi connectivity index (χ1) is 13.0. The van der Waals surface area contributed by atoms with E-state index in [0.29, 0.717) is 29.8 Å². The van der Waals surface area contributed by atoms with Crippen molar-refractivity contribution in [3.8, 4) is 0 Å². The molecule has 3 heterocycles. The third-order valence-corrected chi connectivity index (χ3v) is 7.28. The number of carbonyl (C=O) groups excluding carboxylic acids is 1. The van der Waals surface area contributed by atoms with Crippen LogP contribution in [0.25, 0.3) is 0 Å². The van der Waals surface area contributed by atoms with E-state index < -0.39 is 5.79 Å². The van der Waals surface area contributed by atoms with E-state index in [9.17, 15) is 4.79 Å². The first-order valence-electron chi connectivity index (χ1n) is 9.58. The number of likely N-dealkylation sites (tertiary alicyclic amines) is 1. The van der Waals surface area contributed by atoms with E-state index in [1.54, 1.807) is 11.3 Å². The number of nitrogens with zero attached hydrogens (tertiary/aromatic N) is 1. The first kappa shape index (κ1) is 19.1. The van der Waals surface area contributed by atoms with Crippen LogP contribution in [0.5, 0.6) is 0 Å². The topological polar surface area (TPSA) is 60.0 Å². The van der Waals surface area contributed by atoms with Gasteiger partial charge in [-0.3, -0.25) is 0 Å². The van der Waals surface area contributed by atoms with E-state index in [1.165, 1.54) is 12.0 Å². The van der Waals surface area contributed by atoms with E-state index in [4.69, 9.17) is 26.4 Å². The molecule has 4 rings (SSSR count). The smallest absolute Gasteiger partial charge is 0.341 e. The summed E-state index contributed by atoms with van der Waals surface area (Å²) in [5.74, 6) is -0.0506. The Hall–Kier alpha value is -1.22. The number of carbonyl (C=O) groups is 1. The second-order valence-electron chi connectivity index (χ2n) is 7.57. The second kappa shape index (κ2) is 7.66. The lowest BCUT2D eigenvalue weighted by atomic mass is 9.88. The second-order valence-corrected chi connectivity index (χ2v) is 9.06. The van der Waals surface area contributed by atoms with Crippen molar-refractivity contribution in [3.05, 3.63) is 16.0 Å². The number of esters is 1. The molecule has 2 aliphatic heterocycles. The zero-order chi connectivity index (χ0) is 19.0. The van der Waals surface area contributed by atoms with Gasteiger partial charge in [0.25, 0.3) is 0 Å². The summed E-state index contributed by atoms with van der Waals surface area (Å²) in [4.78, 5) is 15.8. The van der Waals surface area contributed by atoms with Gasteiger partial charge in [0.1, 0.15) is 5.00 Å². The molecule has 0 bridgehead atoms. The van der Waals surface area contributed by atoms with Crippen molar-refractivity contribution >= 4 is 39.6 Å². The van der Waals surface area contributed by atoms with E-state index in [2.05, 4.69) is 17.1 Å². The van der Waals surface area contributed by atoms with Crippen LogP contribution in [-0.2, 0) is 27.1 Å². The number of piperidine rings is 1. The molecule has 0 saturated carbocycles. The van der Waals surface area contributed by atoms with E-state index in [-0.39, 0.29) is 5.97 Å². The van der Waals surface area contributed by atoms with Crippen LogP contribution in [0, 0.1) is 5.92 Å². The van der Waals surface area contributed by atoms with Gasteiger partial charge < -0.3 is 24.4 Å². The lowest BCUT2D eigenvalue weighted by Crippen LogP contribution is -2.48. The molecule has 0 aromatic carbocycles. The fraction of sp³-hybridized carbons (Fsp3) is 0.684. The Bertz CT molecular complexity index is 732. The highest BCUT2D eigenvalue weighted by atomic mass is 32.1. The molecule has 6 nitrogen and oxygen atoms in total. The Labute approximate surface area is 169 Å². The quantitative estimate of drug-likeness (QED) is 0.593. The van der Waals surface area contributed by atoms with Crippen LogP contribution < -0.4 is 5.32 Å². The van der Waals surface area contributed by atoms with Crippen LogP contribution in [-0.4, -0.2) is 55.2 Å². The molecular formula is C19H26N2O4S2. The molecule has 8 heteroatoms. The van der Waals surface area contributed by atoms with Crippen LogP contribution in [0.3, 0.4) is 0 Å². The van der Waals surface area contributed by atoms with Gasteiger partial charge in [0.05, 0.1) is 25.9 Å². The van der Waals surface area contributed by atoms with Gasteiger partial charge >= 0.3 is 5.97 Å². The lowest BCUT2D eigenvalue weighted by Gasteiger charge is -2.38. The zero-order valence-corrected chi connectivity index (χ0v) is 17.5. The predicted molar refractivity (Wildman–Crippen MR) is 109 cm³/mol. The number of nitrogens with one attached hydrogen (secondary N) is 1. The van der Waals surface area contributed by atoms with Crippen molar-refractivity contribution in [3.63, 3.8) is 0 Å². The molecule has 1 atom stereocenters. The van der Waals surface area contributed by atoms with Crippen molar-refractivity contribution in [2.24, 2.45) is 5.92 Å². The summed E-state index contributed by atoms with van der Waals surface area (Å²) < 4.78 is 16.6. The van der Waals surface area contributed by atoms with E-state index in [1.807, 2.05) is 0 Å². The number of rotatable bonds is 2. The average Bonchev–Trinajstić information content (AvgIpc) is 3.25. The number of hydrogen-bond acceptors (Lipinski definition) is 6. The number of thiophene rings is 1. The Morgan fingerprint density at radius 3 is 2.70 bits per heavy atom. The van der Waals surface area contributed by atoms with Crippen molar-refractivity contribution in [2.75, 3.05) is 38.7 Å². The highest BCUT2D eigenvalue weighted by molar-refractivity contribution is 7.80. The summed E-state index contributed by atoms with van der Waals surface area (Å²) in [6.07, 6.45) is 4.65. The summed E-state index contributed by atoms with van der Waals surface area (Å²) in [7, 11) is 1.44. The van der Waals surface area contributed by atoms with Crippen molar-refractivity contribution < 1.29 is 19.0 Å². The number of fused-ring (bicyclic) bond motifs is 1. The zero-order valence-electron chi connectivity index (χ0n) is 15.8. The average molecular weight is 411 g/mol. The molecule has 2 saturated heterocycles. The molecule has 2 fully saturated rings. The Morgan fingerprint density at radius 1 is 1.33 bits per heavy atom. The molecule has 148 valence electrons. The maximum absolute atomic E-state index is 12.4. The number of hydrogen-bond donors (Lipinski definition) is 1. The molecule has 3 aliphatic rings. The number of thiocarbonyl (C=S) groups is 1. The predicted octanol–water partition coefficient (Wildman–Crippen LogP) is 3.20. The maximum atomic E-state index is 12.4. The third kappa shape index (κ3) is 3.72. The number of anilines is 1. The summed E-state index contributed by atoms with van der Waals surface area (Å²) in [5.41, 5.74) is 1.81. The van der Waals surface area contributed by atoms with Crippen LogP contribution >= 0.6 is 23.6 Å². The minimum absolute atomic E-state index is 0.280. The largest absolute Gasteiger partial charge is 0.465 e.